The van der Waals surface area contributed by atoms with Gasteiger partial charge in [0.1, 0.15) is 4.90 Å². The third-order valence-corrected chi connectivity index (χ3v) is 8.58. The van der Waals surface area contributed by atoms with Crippen molar-refractivity contribution in [2.24, 2.45) is 0 Å². The number of nitrogens with zero attached hydrogens (tertiary/aromatic N) is 3. The Labute approximate surface area is 198 Å². The highest BCUT2D eigenvalue weighted by Gasteiger charge is 2.32. The molecule has 1 fully saturated rings. The number of hydrogen-bond donors (Lipinski definition) is 0. The number of benzene rings is 2. The molecule has 3 aromatic rings. The molecule has 6 nitrogen and oxygen atoms in total. The first-order chi connectivity index (χ1) is 15.2. The number of halogens is 2. The largest absolute Gasteiger partial charge is 0.336 e. The van der Waals surface area contributed by atoms with Crippen LogP contribution in [0.3, 0.4) is 0 Å². The van der Waals surface area contributed by atoms with Crippen LogP contribution in [0.4, 0.5) is 0 Å². The van der Waals surface area contributed by atoms with Crippen molar-refractivity contribution in [2.75, 3.05) is 26.2 Å². The summed E-state index contributed by atoms with van der Waals surface area (Å²) in [6.45, 7) is 5.06. The molecule has 9 heteroatoms. The minimum Gasteiger partial charge on any atom is -0.336 e. The Morgan fingerprint density at radius 1 is 0.844 bits per heavy atom. The van der Waals surface area contributed by atoms with Crippen LogP contribution in [-0.4, -0.2) is 54.3 Å². The quantitative estimate of drug-likeness (QED) is 0.537. The molecule has 0 aliphatic carbocycles. The fraction of sp³-hybridized carbons (Fsp3) is 0.261. The molecule has 2 aromatic carbocycles. The number of carbonyl (C=O) groups excluding carboxylic acids is 1. The molecule has 0 radical (unpaired) electrons. The zero-order valence-electron chi connectivity index (χ0n) is 17.8. The average molecular weight is 492 g/mol. The van der Waals surface area contributed by atoms with E-state index in [0.29, 0.717) is 18.7 Å². The van der Waals surface area contributed by atoms with Crippen LogP contribution in [0.25, 0.3) is 5.69 Å². The lowest BCUT2D eigenvalue weighted by atomic mass is 10.1. The number of hydrogen-bond acceptors (Lipinski definition) is 3. The highest BCUT2D eigenvalue weighted by molar-refractivity contribution is 7.89. The molecule has 1 aliphatic heterocycles. The molecular formula is C23H23Cl2N3O3S. The zero-order chi connectivity index (χ0) is 23.0. The summed E-state index contributed by atoms with van der Waals surface area (Å²) in [5.74, 6) is -0.115. The molecule has 0 unspecified atom stereocenters. The average Bonchev–Trinajstić information content (AvgIpc) is 3.13. The van der Waals surface area contributed by atoms with Crippen molar-refractivity contribution in [3.63, 3.8) is 0 Å². The maximum atomic E-state index is 13.0. The normalized spacial score (nSPS) is 15.2. The fourth-order valence-electron chi connectivity index (χ4n) is 3.97. The van der Waals surface area contributed by atoms with Crippen molar-refractivity contribution in [3.05, 3.63) is 81.6 Å². The lowest BCUT2D eigenvalue weighted by molar-refractivity contribution is 0.0698. The van der Waals surface area contributed by atoms with E-state index in [1.54, 1.807) is 17.0 Å². The van der Waals surface area contributed by atoms with Crippen molar-refractivity contribution in [3.8, 4) is 5.69 Å². The number of piperazine rings is 1. The predicted molar refractivity (Wildman–Crippen MR) is 126 cm³/mol. The Kier molecular flexibility index (Phi) is 6.36. The van der Waals surface area contributed by atoms with Crippen LogP contribution in [0.5, 0.6) is 0 Å². The van der Waals surface area contributed by atoms with Crippen LogP contribution in [0.1, 0.15) is 21.7 Å². The third-order valence-electron chi connectivity index (χ3n) is 5.70. The molecule has 0 bridgehead atoms. The molecular weight excluding hydrogens is 469 g/mol. The maximum Gasteiger partial charge on any atom is 0.253 e. The van der Waals surface area contributed by atoms with E-state index in [9.17, 15) is 13.2 Å². The number of aromatic nitrogens is 1. The summed E-state index contributed by atoms with van der Waals surface area (Å²) in [6.07, 6.45) is 0. The lowest BCUT2D eigenvalue weighted by Gasteiger charge is -2.34. The number of aryl methyl sites for hydroxylation is 2. The summed E-state index contributed by atoms with van der Waals surface area (Å²) < 4.78 is 29.4. The van der Waals surface area contributed by atoms with Crippen LogP contribution < -0.4 is 0 Å². The predicted octanol–water partition coefficient (Wildman–Crippen LogP) is 4.55. The van der Waals surface area contributed by atoms with Gasteiger partial charge in [-0.05, 0) is 62.4 Å². The Morgan fingerprint density at radius 2 is 1.44 bits per heavy atom. The first kappa shape index (κ1) is 22.9. The first-order valence-corrected chi connectivity index (χ1v) is 12.4. The van der Waals surface area contributed by atoms with Gasteiger partial charge in [-0.25, -0.2) is 8.42 Å². The molecule has 4 rings (SSSR count). The van der Waals surface area contributed by atoms with Crippen molar-refractivity contribution in [1.82, 2.24) is 13.8 Å². The molecule has 0 atom stereocenters. The molecule has 0 spiro atoms. The van der Waals surface area contributed by atoms with Gasteiger partial charge >= 0.3 is 0 Å². The van der Waals surface area contributed by atoms with Crippen LogP contribution in [0.2, 0.25) is 10.0 Å². The fourth-order valence-corrected chi connectivity index (χ4v) is 6.12. The molecule has 168 valence electrons. The minimum atomic E-state index is -3.79. The topological polar surface area (TPSA) is 62.6 Å². The van der Waals surface area contributed by atoms with Gasteiger partial charge in [0.2, 0.25) is 10.0 Å². The standard InChI is InChI=1S/C23H23Cl2N3O3S/c1-16-6-7-17(2)28(16)19-10-8-18(9-11-19)23(29)26-12-14-27(15-13-26)32(30,31)21-5-3-4-20(24)22(21)25/h3-11H,12-15H2,1-2H3. The van der Waals surface area contributed by atoms with E-state index in [1.807, 2.05) is 38.1 Å². The van der Waals surface area contributed by atoms with Gasteiger partial charge in [-0.15, -0.1) is 0 Å². The van der Waals surface area contributed by atoms with E-state index in [4.69, 9.17) is 23.2 Å². The molecule has 32 heavy (non-hydrogen) atoms. The second-order valence-electron chi connectivity index (χ2n) is 7.75. The van der Waals surface area contributed by atoms with Crippen LogP contribution in [0, 0.1) is 13.8 Å². The second-order valence-corrected chi connectivity index (χ2v) is 10.4. The van der Waals surface area contributed by atoms with E-state index in [1.165, 1.54) is 10.4 Å². The smallest absolute Gasteiger partial charge is 0.253 e. The van der Waals surface area contributed by atoms with Gasteiger partial charge in [-0.1, -0.05) is 29.3 Å². The van der Waals surface area contributed by atoms with Gasteiger partial charge in [0.25, 0.3) is 5.91 Å². The van der Waals surface area contributed by atoms with Crippen molar-refractivity contribution in [2.45, 2.75) is 18.7 Å². The highest BCUT2D eigenvalue weighted by Crippen LogP contribution is 2.31. The summed E-state index contributed by atoms with van der Waals surface area (Å²) in [6, 6.07) is 16.1. The molecule has 0 saturated carbocycles. The zero-order valence-corrected chi connectivity index (χ0v) is 20.1. The number of amides is 1. The summed E-state index contributed by atoms with van der Waals surface area (Å²) in [4.78, 5) is 14.6. The Hall–Kier alpha value is -2.32. The molecule has 1 amide bonds. The number of rotatable bonds is 4. The van der Waals surface area contributed by atoms with Crippen molar-refractivity contribution >= 4 is 39.1 Å². The van der Waals surface area contributed by atoms with Gasteiger partial charge in [-0.2, -0.15) is 4.31 Å². The van der Waals surface area contributed by atoms with Gasteiger partial charge in [-0.3, -0.25) is 4.79 Å². The SMILES string of the molecule is Cc1ccc(C)n1-c1ccc(C(=O)N2CCN(S(=O)(=O)c3cccc(Cl)c3Cl)CC2)cc1. The summed E-state index contributed by atoms with van der Waals surface area (Å²) in [5, 5.41) is 0.205. The number of sulfonamides is 1. The molecule has 1 aromatic heterocycles. The maximum absolute atomic E-state index is 13.0. The summed E-state index contributed by atoms with van der Waals surface area (Å²) in [5.41, 5.74) is 3.82. The van der Waals surface area contributed by atoms with E-state index in [0.717, 1.165) is 17.1 Å². The minimum absolute atomic E-state index is 0.0147. The van der Waals surface area contributed by atoms with Crippen LogP contribution in [-0.2, 0) is 10.0 Å². The van der Waals surface area contributed by atoms with Gasteiger partial charge in [0, 0.05) is 48.8 Å². The Morgan fingerprint density at radius 3 is 2.03 bits per heavy atom. The highest BCUT2D eigenvalue weighted by atomic mass is 35.5. The summed E-state index contributed by atoms with van der Waals surface area (Å²) >= 11 is 12.1. The van der Waals surface area contributed by atoms with Crippen LogP contribution >= 0.6 is 23.2 Å². The first-order valence-electron chi connectivity index (χ1n) is 10.2. The number of carbonyl (C=O) groups is 1. The van der Waals surface area contributed by atoms with E-state index >= 15 is 0 Å². The van der Waals surface area contributed by atoms with E-state index < -0.39 is 10.0 Å². The van der Waals surface area contributed by atoms with E-state index in [2.05, 4.69) is 16.7 Å². The van der Waals surface area contributed by atoms with Gasteiger partial charge < -0.3 is 9.47 Å². The van der Waals surface area contributed by atoms with E-state index in [-0.39, 0.29) is 33.9 Å². The molecule has 1 saturated heterocycles. The van der Waals surface area contributed by atoms with Crippen LogP contribution in [0.15, 0.2) is 59.5 Å². The monoisotopic (exact) mass is 491 g/mol. The van der Waals surface area contributed by atoms with Gasteiger partial charge in [0.15, 0.2) is 0 Å². The summed E-state index contributed by atoms with van der Waals surface area (Å²) in [7, 11) is -3.79. The third kappa shape index (κ3) is 4.18. The van der Waals surface area contributed by atoms with Crippen molar-refractivity contribution < 1.29 is 13.2 Å². The lowest BCUT2D eigenvalue weighted by Crippen LogP contribution is -2.50. The van der Waals surface area contributed by atoms with Gasteiger partial charge in [0.05, 0.1) is 10.0 Å². The Bertz CT molecular complexity index is 1240. The molecule has 0 N–H and O–H groups in total. The molecule has 1 aliphatic rings. The molecule has 2 heterocycles. The Balaban J connectivity index is 1.45. The van der Waals surface area contributed by atoms with Crippen molar-refractivity contribution in [1.29, 1.82) is 0 Å². The second kappa shape index (κ2) is 8.90.